The molecular weight excluding hydrogens is 308 g/mol. The van der Waals surface area contributed by atoms with E-state index in [1.54, 1.807) is 6.92 Å². The lowest BCUT2D eigenvalue weighted by atomic mass is 10.2. The van der Waals surface area contributed by atoms with Gasteiger partial charge in [0.1, 0.15) is 0 Å². The van der Waals surface area contributed by atoms with Crippen molar-refractivity contribution in [1.29, 1.82) is 0 Å². The van der Waals surface area contributed by atoms with Gasteiger partial charge in [0.05, 0.1) is 11.0 Å². The first-order chi connectivity index (χ1) is 11.1. The molecule has 1 atom stereocenters. The van der Waals surface area contributed by atoms with Gasteiger partial charge < -0.3 is 10.6 Å². The molecule has 5 heteroatoms. The van der Waals surface area contributed by atoms with Crippen LogP contribution in [0, 0.1) is 6.92 Å². The normalized spacial score (nSPS) is 11.6. The lowest BCUT2D eigenvalue weighted by molar-refractivity contribution is -0.115. The van der Waals surface area contributed by atoms with Crippen molar-refractivity contribution in [2.45, 2.75) is 19.1 Å². The molecule has 120 valence electrons. The summed E-state index contributed by atoms with van der Waals surface area (Å²) in [7, 11) is 0. The van der Waals surface area contributed by atoms with Gasteiger partial charge in [0.25, 0.3) is 0 Å². The summed E-state index contributed by atoms with van der Waals surface area (Å²) in [6.07, 6.45) is 0. The summed E-state index contributed by atoms with van der Waals surface area (Å²) in [5.41, 5.74) is 2.58. The minimum Gasteiger partial charge on any atom is -0.325 e. The van der Waals surface area contributed by atoms with Crippen molar-refractivity contribution in [1.82, 2.24) is 0 Å². The molecule has 0 saturated carbocycles. The van der Waals surface area contributed by atoms with E-state index >= 15 is 0 Å². The van der Waals surface area contributed by atoms with Gasteiger partial charge in [0.15, 0.2) is 0 Å². The zero-order valence-corrected chi connectivity index (χ0v) is 14.0. The van der Waals surface area contributed by atoms with E-state index in [4.69, 9.17) is 0 Å². The van der Waals surface area contributed by atoms with Crippen molar-refractivity contribution in [3.8, 4) is 0 Å². The van der Waals surface area contributed by atoms with Gasteiger partial charge in [-0.25, -0.2) is 0 Å². The van der Waals surface area contributed by atoms with E-state index < -0.39 is 0 Å². The largest absolute Gasteiger partial charge is 0.325 e. The van der Waals surface area contributed by atoms with Crippen molar-refractivity contribution >= 4 is 35.0 Å². The Labute approximate surface area is 140 Å². The number of nitrogens with one attached hydrogen (secondary N) is 2. The van der Waals surface area contributed by atoms with Gasteiger partial charge in [-0.15, -0.1) is 11.8 Å². The Morgan fingerprint density at radius 1 is 1.00 bits per heavy atom. The number of hydrogen-bond acceptors (Lipinski definition) is 3. The van der Waals surface area contributed by atoms with Gasteiger partial charge in [-0.1, -0.05) is 36.4 Å². The Hall–Kier alpha value is -2.27. The smallest absolute Gasteiger partial charge is 0.237 e. The molecule has 0 aliphatic carbocycles. The topological polar surface area (TPSA) is 58.2 Å². The van der Waals surface area contributed by atoms with Crippen molar-refractivity contribution in [2.75, 3.05) is 16.4 Å². The fourth-order valence-corrected chi connectivity index (χ4v) is 2.63. The van der Waals surface area contributed by atoms with Gasteiger partial charge in [-0.3, -0.25) is 9.59 Å². The number of aryl methyl sites for hydroxylation is 1. The molecule has 2 amide bonds. The highest BCUT2D eigenvalue weighted by atomic mass is 32.2. The van der Waals surface area contributed by atoms with Crippen LogP contribution in [0.15, 0.2) is 54.6 Å². The Morgan fingerprint density at radius 2 is 1.65 bits per heavy atom. The number of hydrogen-bond donors (Lipinski definition) is 2. The van der Waals surface area contributed by atoms with Gasteiger partial charge in [-0.05, 0) is 37.6 Å². The summed E-state index contributed by atoms with van der Waals surface area (Å²) in [5.74, 6) is 0.0191. The number of amides is 2. The van der Waals surface area contributed by atoms with Gasteiger partial charge in [0, 0.05) is 11.4 Å². The number of carbonyl (C=O) groups excluding carboxylic acids is 2. The SMILES string of the molecule is Cc1ccccc1NC(=O)[C@H](C)SCC(=O)Nc1ccccc1. The predicted molar refractivity (Wildman–Crippen MR) is 96.8 cm³/mol. The standard InChI is InChI=1S/C18H20N2O2S/c1-13-8-6-7-11-16(13)20-18(22)14(2)23-12-17(21)19-15-9-4-3-5-10-15/h3-11,14H,12H2,1-2H3,(H,19,21)(H,20,22)/t14-/m0/s1. The third-order valence-electron chi connectivity index (χ3n) is 3.29. The van der Waals surface area contributed by atoms with E-state index in [9.17, 15) is 9.59 Å². The highest BCUT2D eigenvalue weighted by Crippen LogP contribution is 2.17. The maximum atomic E-state index is 12.2. The average Bonchev–Trinajstić information content (AvgIpc) is 2.55. The van der Waals surface area contributed by atoms with Crippen LogP contribution in [0.5, 0.6) is 0 Å². The molecule has 0 fully saturated rings. The average molecular weight is 328 g/mol. The summed E-state index contributed by atoms with van der Waals surface area (Å²) in [5, 5.41) is 5.39. The molecule has 0 radical (unpaired) electrons. The summed E-state index contributed by atoms with van der Waals surface area (Å²) in [6, 6.07) is 16.9. The molecule has 23 heavy (non-hydrogen) atoms. The van der Waals surface area contributed by atoms with Crippen LogP contribution in [0.4, 0.5) is 11.4 Å². The number of anilines is 2. The van der Waals surface area contributed by atoms with Gasteiger partial charge in [-0.2, -0.15) is 0 Å². The van der Waals surface area contributed by atoms with E-state index in [-0.39, 0.29) is 22.8 Å². The number of benzene rings is 2. The maximum absolute atomic E-state index is 12.2. The maximum Gasteiger partial charge on any atom is 0.237 e. The molecule has 0 spiro atoms. The molecule has 0 aromatic heterocycles. The van der Waals surface area contributed by atoms with Crippen LogP contribution in [0.25, 0.3) is 0 Å². The summed E-state index contributed by atoms with van der Waals surface area (Å²) >= 11 is 1.31. The molecule has 0 aliphatic heterocycles. The van der Waals surface area contributed by atoms with E-state index in [0.29, 0.717) is 0 Å². The summed E-state index contributed by atoms with van der Waals surface area (Å²) in [6.45, 7) is 3.74. The van der Waals surface area contributed by atoms with Gasteiger partial charge >= 0.3 is 0 Å². The van der Waals surface area contributed by atoms with Crippen molar-refractivity contribution < 1.29 is 9.59 Å². The van der Waals surface area contributed by atoms with Crippen molar-refractivity contribution in [3.05, 3.63) is 60.2 Å². The Morgan fingerprint density at radius 3 is 2.35 bits per heavy atom. The molecule has 2 aromatic carbocycles. The van der Waals surface area contributed by atoms with E-state index in [0.717, 1.165) is 16.9 Å². The highest BCUT2D eigenvalue weighted by Gasteiger charge is 2.16. The first-order valence-corrected chi connectivity index (χ1v) is 8.44. The molecule has 0 saturated heterocycles. The Kier molecular flexibility index (Phi) is 6.23. The molecule has 0 bridgehead atoms. The van der Waals surface area contributed by atoms with Crippen LogP contribution < -0.4 is 10.6 Å². The van der Waals surface area contributed by atoms with Crippen LogP contribution in [-0.2, 0) is 9.59 Å². The number of carbonyl (C=O) groups is 2. The highest BCUT2D eigenvalue weighted by molar-refractivity contribution is 8.01. The summed E-state index contributed by atoms with van der Waals surface area (Å²) < 4.78 is 0. The van der Waals surface area contributed by atoms with Crippen molar-refractivity contribution in [2.24, 2.45) is 0 Å². The van der Waals surface area contributed by atoms with E-state index in [2.05, 4.69) is 10.6 Å². The van der Waals surface area contributed by atoms with E-state index in [1.165, 1.54) is 11.8 Å². The predicted octanol–water partition coefficient (Wildman–Crippen LogP) is 3.69. The minimum atomic E-state index is -0.309. The summed E-state index contributed by atoms with van der Waals surface area (Å²) in [4.78, 5) is 24.1. The Balaban J connectivity index is 1.80. The lowest BCUT2D eigenvalue weighted by Crippen LogP contribution is -2.25. The monoisotopic (exact) mass is 328 g/mol. The molecule has 2 aromatic rings. The molecular formula is C18H20N2O2S. The van der Waals surface area contributed by atoms with Gasteiger partial charge in [0.2, 0.25) is 11.8 Å². The third-order valence-corrected chi connectivity index (χ3v) is 4.44. The second-order valence-electron chi connectivity index (χ2n) is 5.17. The number of para-hydroxylation sites is 2. The first kappa shape index (κ1) is 17.1. The first-order valence-electron chi connectivity index (χ1n) is 7.39. The zero-order chi connectivity index (χ0) is 16.7. The third kappa shape index (κ3) is 5.45. The van der Waals surface area contributed by atoms with Crippen LogP contribution in [0.1, 0.15) is 12.5 Å². The fraction of sp³-hybridized carbons (Fsp3) is 0.222. The van der Waals surface area contributed by atoms with Crippen LogP contribution in [0.2, 0.25) is 0 Å². The van der Waals surface area contributed by atoms with Crippen LogP contribution in [0.3, 0.4) is 0 Å². The molecule has 0 unspecified atom stereocenters. The number of rotatable bonds is 6. The molecule has 4 nitrogen and oxygen atoms in total. The lowest BCUT2D eigenvalue weighted by Gasteiger charge is -2.13. The molecule has 2 rings (SSSR count). The Bertz CT molecular complexity index is 674. The van der Waals surface area contributed by atoms with Crippen LogP contribution >= 0.6 is 11.8 Å². The van der Waals surface area contributed by atoms with Crippen molar-refractivity contribution in [3.63, 3.8) is 0 Å². The zero-order valence-electron chi connectivity index (χ0n) is 13.2. The molecule has 0 heterocycles. The van der Waals surface area contributed by atoms with E-state index in [1.807, 2.05) is 61.5 Å². The fourth-order valence-electron chi connectivity index (χ4n) is 1.94. The number of thioether (sulfide) groups is 1. The second kappa shape index (κ2) is 8.39. The minimum absolute atomic E-state index is 0.100. The van der Waals surface area contributed by atoms with Crippen LogP contribution in [-0.4, -0.2) is 22.8 Å². The quantitative estimate of drug-likeness (QED) is 0.850. The molecule has 0 aliphatic rings. The molecule has 2 N–H and O–H groups in total. The second-order valence-corrected chi connectivity index (χ2v) is 6.50.